The minimum Gasteiger partial charge on any atom is -0.309 e. The van der Waals surface area contributed by atoms with Crippen LogP contribution in [0.25, 0.3) is 0 Å². The molecule has 0 heterocycles. The molecule has 1 nitrogen and oxygen atoms in total. The monoisotopic (exact) mass is 267 g/mol. The average Bonchev–Trinajstić information content (AvgIpc) is 2.24. The Hall–Kier alpha value is -0.750. The van der Waals surface area contributed by atoms with E-state index in [1.54, 1.807) is 12.1 Å². The zero-order valence-electron chi connectivity index (χ0n) is 9.22. The van der Waals surface area contributed by atoms with Crippen molar-refractivity contribution in [2.45, 2.75) is 18.5 Å². The summed E-state index contributed by atoms with van der Waals surface area (Å²) in [7, 11) is 0. The van der Waals surface area contributed by atoms with Crippen molar-refractivity contribution in [2.24, 2.45) is 0 Å². The summed E-state index contributed by atoms with van der Waals surface area (Å²) in [4.78, 5) is 0. The molecule has 0 aliphatic rings. The molecule has 0 bridgehead atoms. The maximum Gasteiger partial charge on any atom is 0.441 e. The fourth-order valence-electron chi connectivity index (χ4n) is 1.31. The number of hydrogen-bond acceptors (Lipinski definition) is 2. The van der Waals surface area contributed by atoms with Gasteiger partial charge in [-0.1, -0.05) is 12.1 Å². The van der Waals surface area contributed by atoms with E-state index in [1.807, 2.05) is 6.92 Å². The second-order valence-corrected chi connectivity index (χ2v) is 4.68. The molecule has 1 aromatic rings. The highest BCUT2D eigenvalue weighted by Gasteiger charge is 2.27. The third-order valence-electron chi connectivity index (χ3n) is 2.19. The smallest absolute Gasteiger partial charge is 0.309 e. The molecule has 1 atom stereocenters. The quantitative estimate of drug-likeness (QED) is 0.644. The molecule has 0 fully saturated rings. The van der Waals surface area contributed by atoms with Gasteiger partial charge in [0.2, 0.25) is 0 Å². The van der Waals surface area contributed by atoms with Crippen LogP contribution in [0.15, 0.2) is 24.3 Å². The number of benzene rings is 1. The molecule has 1 N–H and O–H groups in total. The highest BCUT2D eigenvalue weighted by molar-refractivity contribution is 8.00. The van der Waals surface area contributed by atoms with Crippen molar-refractivity contribution in [1.82, 2.24) is 5.32 Å². The van der Waals surface area contributed by atoms with Crippen LogP contribution in [0.4, 0.5) is 17.6 Å². The van der Waals surface area contributed by atoms with Crippen LogP contribution in [0, 0.1) is 5.82 Å². The Morgan fingerprint density at radius 3 is 2.35 bits per heavy atom. The van der Waals surface area contributed by atoms with Crippen molar-refractivity contribution >= 4 is 11.8 Å². The Balaban J connectivity index is 2.30. The van der Waals surface area contributed by atoms with Gasteiger partial charge in [0.25, 0.3) is 0 Å². The van der Waals surface area contributed by atoms with Crippen LogP contribution in [-0.2, 0) is 0 Å². The fourth-order valence-corrected chi connectivity index (χ4v) is 1.76. The Morgan fingerprint density at radius 1 is 1.24 bits per heavy atom. The predicted molar refractivity (Wildman–Crippen MR) is 61.3 cm³/mol. The first-order valence-electron chi connectivity index (χ1n) is 5.08. The third kappa shape index (κ3) is 5.93. The maximum atomic E-state index is 12.6. The molecule has 0 radical (unpaired) electrons. The molecule has 0 saturated carbocycles. The summed E-state index contributed by atoms with van der Waals surface area (Å²) in [5, 5.41) is 2.95. The third-order valence-corrected chi connectivity index (χ3v) is 2.92. The Morgan fingerprint density at radius 2 is 1.82 bits per heavy atom. The molecular formula is C11H13F4NS. The SMILES string of the molecule is C[C@@H](NCCSC(F)(F)F)c1ccc(F)cc1. The van der Waals surface area contributed by atoms with E-state index in [4.69, 9.17) is 0 Å². The van der Waals surface area contributed by atoms with Gasteiger partial charge in [0.05, 0.1) is 0 Å². The molecule has 1 rings (SSSR count). The van der Waals surface area contributed by atoms with Crippen LogP contribution in [0.5, 0.6) is 0 Å². The molecule has 6 heteroatoms. The summed E-state index contributed by atoms with van der Waals surface area (Å²) in [6.45, 7) is 2.08. The van der Waals surface area contributed by atoms with Gasteiger partial charge in [0.1, 0.15) is 5.82 Å². The molecule has 0 unspecified atom stereocenters. The average molecular weight is 267 g/mol. The molecule has 17 heavy (non-hydrogen) atoms. The Labute approximate surface area is 102 Å². The number of alkyl halides is 3. The van der Waals surface area contributed by atoms with Gasteiger partial charge in [-0.15, -0.1) is 0 Å². The van der Waals surface area contributed by atoms with E-state index in [1.165, 1.54) is 12.1 Å². The fraction of sp³-hybridized carbons (Fsp3) is 0.455. The van der Waals surface area contributed by atoms with E-state index in [-0.39, 0.29) is 35.9 Å². The van der Waals surface area contributed by atoms with E-state index in [0.29, 0.717) is 0 Å². The van der Waals surface area contributed by atoms with Gasteiger partial charge >= 0.3 is 5.51 Å². The van der Waals surface area contributed by atoms with Crippen LogP contribution in [0.3, 0.4) is 0 Å². The molecule has 0 aromatic heterocycles. The Kier molecular flexibility index (Phi) is 5.27. The summed E-state index contributed by atoms with van der Waals surface area (Å²) in [6, 6.07) is 5.80. The first-order chi connectivity index (χ1) is 7.88. The molecule has 96 valence electrons. The summed E-state index contributed by atoms with van der Waals surface area (Å²) < 4.78 is 48.2. The van der Waals surface area contributed by atoms with Crippen molar-refractivity contribution in [1.29, 1.82) is 0 Å². The summed E-state index contributed by atoms with van der Waals surface area (Å²) in [5.74, 6) is -0.358. The summed E-state index contributed by atoms with van der Waals surface area (Å²) in [6.07, 6.45) is 0. The van der Waals surface area contributed by atoms with E-state index in [2.05, 4.69) is 5.32 Å². The van der Waals surface area contributed by atoms with Crippen molar-refractivity contribution < 1.29 is 17.6 Å². The van der Waals surface area contributed by atoms with E-state index < -0.39 is 5.51 Å². The van der Waals surface area contributed by atoms with Gasteiger partial charge in [-0.2, -0.15) is 13.2 Å². The maximum absolute atomic E-state index is 12.6. The number of nitrogens with one attached hydrogen (secondary N) is 1. The first kappa shape index (κ1) is 14.3. The lowest BCUT2D eigenvalue weighted by Gasteiger charge is -2.14. The molecule has 0 spiro atoms. The van der Waals surface area contributed by atoms with Gasteiger partial charge < -0.3 is 5.32 Å². The lowest BCUT2D eigenvalue weighted by molar-refractivity contribution is -0.0327. The minimum absolute atomic E-state index is 0.0327. The number of rotatable bonds is 5. The normalized spacial score (nSPS) is 13.7. The summed E-state index contributed by atoms with van der Waals surface area (Å²) in [5.41, 5.74) is -3.33. The topological polar surface area (TPSA) is 12.0 Å². The number of halogens is 4. The van der Waals surface area contributed by atoms with Gasteiger partial charge in [-0.3, -0.25) is 0 Å². The predicted octanol–water partition coefficient (Wildman–Crippen LogP) is 3.73. The number of hydrogen-bond donors (Lipinski definition) is 1. The molecule has 0 amide bonds. The highest BCUT2D eigenvalue weighted by atomic mass is 32.2. The second kappa shape index (κ2) is 6.26. The highest BCUT2D eigenvalue weighted by Crippen LogP contribution is 2.29. The van der Waals surface area contributed by atoms with Crippen molar-refractivity contribution in [3.05, 3.63) is 35.6 Å². The number of thioether (sulfide) groups is 1. The van der Waals surface area contributed by atoms with Crippen molar-refractivity contribution in [3.8, 4) is 0 Å². The standard InChI is InChI=1S/C11H13F4NS/c1-8(9-2-4-10(12)5-3-9)16-6-7-17-11(13,14)15/h2-5,8,16H,6-7H2,1H3/t8-/m1/s1. The van der Waals surface area contributed by atoms with Crippen LogP contribution in [0.2, 0.25) is 0 Å². The molecular weight excluding hydrogens is 254 g/mol. The largest absolute Gasteiger partial charge is 0.441 e. The van der Waals surface area contributed by atoms with Gasteiger partial charge in [-0.05, 0) is 36.4 Å². The van der Waals surface area contributed by atoms with Crippen molar-refractivity contribution in [2.75, 3.05) is 12.3 Å². The van der Waals surface area contributed by atoms with E-state index >= 15 is 0 Å². The zero-order chi connectivity index (χ0) is 12.9. The Bertz CT molecular complexity index is 336. The minimum atomic E-state index is -4.18. The second-order valence-electron chi connectivity index (χ2n) is 3.52. The van der Waals surface area contributed by atoms with E-state index in [0.717, 1.165) is 5.56 Å². The molecule has 0 aliphatic carbocycles. The van der Waals surface area contributed by atoms with Crippen LogP contribution < -0.4 is 5.32 Å². The van der Waals surface area contributed by atoms with Crippen LogP contribution in [0.1, 0.15) is 18.5 Å². The molecule has 1 aromatic carbocycles. The van der Waals surface area contributed by atoms with Crippen LogP contribution in [-0.4, -0.2) is 17.8 Å². The summed E-state index contributed by atoms with van der Waals surface area (Å²) >= 11 is -0.0493. The van der Waals surface area contributed by atoms with Crippen molar-refractivity contribution in [3.63, 3.8) is 0 Å². The van der Waals surface area contributed by atoms with Gasteiger partial charge in [0.15, 0.2) is 0 Å². The lowest BCUT2D eigenvalue weighted by atomic mass is 10.1. The lowest BCUT2D eigenvalue weighted by Crippen LogP contribution is -2.22. The van der Waals surface area contributed by atoms with Gasteiger partial charge in [0, 0.05) is 18.3 Å². The zero-order valence-corrected chi connectivity index (χ0v) is 10.0. The first-order valence-corrected chi connectivity index (χ1v) is 6.06. The molecule has 0 aliphatic heterocycles. The van der Waals surface area contributed by atoms with E-state index in [9.17, 15) is 17.6 Å². The molecule has 0 saturated heterocycles. The van der Waals surface area contributed by atoms with Crippen LogP contribution >= 0.6 is 11.8 Å². The van der Waals surface area contributed by atoms with Gasteiger partial charge in [-0.25, -0.2) is 4.39 Å².